The van der Waals surface area contributed by atoms with Crippen molar-refractivity contribution in [2.45, 2.75) is 62.6 Å². The first-order valence-electron chi connectivity index (χ1n) is 7.12. The number of alkyl halides is 1. The summed E-state index contributed by atoms with van der Waals surface area (Å²) in [6.45, 7) is 2.34. The summed E-state index contributed by atoms with van der Waals surface area (Å²) in [5, 5.41) is 0. The fraction of sp³-hybridized carbons (Fsp3) is 0.867. The molecule has 0 nitrogen and oxygen atoms in total. The predicted molar refractivity (Wildman–Crippen MR) is 72.9 cm³/mol. The van der Waals surface area contributed by atoms with E-state index in [0.717, 1.165) is 31.6 Å². The van der Waals surface area contributed by atoms with Gasteiger partial charge in [0, 0.05) is 9.74 Å². The molecule has 0 spiro atoms. The lowest BCUT2D eigenvalue weighted by molar-refractivity contribution is 0.0510. The van der Waals surface area contributed by atoms with E-state index in [-0.39, 0.29) is 15.6 Å². The van der Waals surface area contributed by atoms with Gasteiger partial charge in [-0.15, -0.1) is 0 Å². The minimum Gasteiger partial charge on any atom is -0.211 e. The van der Waals surface area contributed by atoms with Crippen LogP contribution in [0.15, 0.2) is 11.9 Å². The Morgan fingerprint density at radius 3 is 2.24 bits per heavy atom. The Hall–Kier alpha value is 0.150. The molecule has 4 aliphatic carbocycles. The zero-order valence-electron chi connectivity index (χ0n) is 10.6. The average molecular weight is 301 g/mol. The van der Waals surface area contributed by atoms with Gasteiger partial charge >= 0.3 is 0 Å². The Morgan fingerprint density at radius 1 is 1.12 bits per heavy atom. The first-order valence-corrected chi connectivity index (χ1v) is 7.91. The lowest BCUT2D eigenvalue weighted by Gasteiger charge is -2.52. The molecule has 0 amide bonds. The van der Waals surface area contributed by atoms with Crippen LogP contribution >= 0.6 is 15.9 Å². The molecule has 0 saturated heterocycles. The normalized spacial score (nSPS) is 50.2. The van der Waals surface area contributed by atoms with Crippen LogP contribution in [0.25, 0.3) is 0 Å². The summed E-state index contributed by atoms with van der Waals surface area (Å²) in [4.78, 5) is 0. The van der Waals surface area contributed by atoms with Gasteiger partial charge in [-0.05, 0) is 56.4 Å². The molecule has 0 heterocycles. The molecule has 2 bridgehead atoms. The molecule has 2 saturated carbocycles. The molecule has 0 aromatic carbocycles. The summed E-state index contributed by atoms with van der Waals surface area (Å²) in [7, 11) is 0. The smallest absolute Gasteiger partial charge is 0.104 e. The second-order valence-corrected chi connectivity index (χ2v) is 8.22. The molecule has 0 aromatic heterocycles. The topological polar surface area (TPSA) is 0 Å². The Morgan fingerprint density at radius 2 is 1.71 bits per heavy atom. The third-order valence-corrected chi connectivity index (χ3v) is 6.65. The van der Waals surface area contributed by atoms with Crippen molar-refractivity contribution in [1.82, 2.24) is 0 Å². The molecule has 96 valence electrons. The monoisotopic (exact) mass is 300 g/mol. The van der Waals surface area contributed by atoms with Crippen molar-refractivity contribution >= 4 is 15.9 Å². The molecule has 2 fully saturated rings. The maximum absolute atomic E-state index is 14.5. The van der Waals surface area contributed by atoms with E-state index in [9.17, 15) is 4.39 Å². The van der Waals surface area contributed by atoms with Crippen molar-refractivity contribution < 1.29 is 4.39 Å². The highest BCUT2D eigenvalue weighted by molar-refractivity contribution is 9.10. The molecule has 0 atom stereocenters. The van der Waals surface area contributed by atoms with Gasteiger partial charge < -0.3 is 0 Å². The molecule has 0 unspecified atom stereocenters. The van der Waals surface area contributed by atoms with E-state index in [1.165, 1.54) is 25.7 Å². The molecule has 17 heavy (non-hydrogen) atoms. The predicted octanol–water partition coefficient (Wildman–Crippen LogP) is 5.37. The Balaban J connectivity index is 1.84. The second-order valence-electron chi connectivity index (χ2n) is 6.64. The second kappa shape index (κ2) is 4.08. The third kappa shape index (κ3) is 1.91. The van der Waals surface area contributed by atoms with Crippen molar-refractivity contribution in [2.75, 3.05) is 0 Å². The first kappa shape index (κ1) is 12.2. The fourth-order valence-electron chi connectivity index (χ4n) is 4.28. The first-order chi connectivity index (χ1) is 8.04. The minimum atomic E-state index is -0.0599. The van der Waals surface area contributed by atoms with Gasteiger partial charge in [0.2, 0.25) is 0 Å². The van der Waals surface area contributed by atoms with Crippen molar-refractivity contribution in [1.29, 1.82) is 0 Å². The highest BCUT2D eigenvalue weighted by atomic mass is 79.9. The van der Waals surface area contributed by atoms with Crippen LogP contribution in [0.1, 0.15) is 58.3 Å². The average Bonchev–Trinajstić information content (AvgIpc) is 2.30. The van der Waals surface area contributed by atoms with Crippen LogP contribution in [0.4, 0.5) is 4.39 Å². The van der Waals surface area contributed by atoms with Gasteiger partial charge in [-0.1, -0.05) is 35.7 Å². The van der Waals surface area contributed by atoms with E-state index in [1.807, 2.05) is 6.08 Å². The SMILES string of the molecule is CC1CCC(C23CCC(Br)(C=C2F)CC3)CC1. The van der Waals surface area contributed by atoms with E-state index in [2.05, 4.69) is 22.9 Å². The van der Waals surface area contributed by atoms with E-state index in [0.29, 0.717) is 5.92 Å². The summed E-state index contributed by atoms with van der Waals surface area (Å²) in [6.07, 6.45) is 11.4. The third-order valence-electron chi connectivity index (χ3n) is 5.63. The minimum absolute atomic E-state index is 0.000786. The molecule has 0 aliphatic heterocycles. The molecule has 4 aliphatic rings. The molecule has 2 heteroatoms. The Bertz CT molecular complexity index is 331. The lowest BCUT2D eigenvalue weighted by Crippen LogP contribution is -2.45. The van der Waals surface area contributed by atoms with E-state index >= 15 is 0 Å². The highest BCUT2D eigenvalue weighted by Gasteiger charge is 2.52. The van der Waals surface area contributed by atoms with Crippen LogP contribution in [0.5, 0.6) is 0 Å². The van der Waals surface area contributed by atoms with Crippen molar-refractivity contribution in [2.24, 2.45) is 17.3 Å². The highest BCUT2D eigenvalue weighted by Crippen LogP contribution is 2.61. The van der Waals surface area contributed by atoms with Gasteiger partial charge in [0.05, 0.1) is 0 Å². The molecule has 0 aromatic rings. The van der Waals surface area contributed by atoms with Crippen molar-refractivity contribution in [3.8, 4) is 0 Å². The van der Waals surface area contributed by atoms with Gasteiger partial charge in [0.25, 0.3) is 0 Å². The maximum Gasteiger partial charge on any atom is 0.104 e. The number of hydrogen-bond acceptors (Lipinski definition) is 0. The van der Waals surface area contributed by atoms with Crippen LogP contribution in [0.3, 0.4) is 0 Å². The largest absolute Gasteiger partial charge is 0.211 e. The van der Waals surface area contributed by atoms with Crippen LogP contribution in [0.2, 0.25) is 0 Å². The van der Waals surface area contributed by atoms with Crippen molar-refractivity contribution in [3.63, 3.8) is 0 Å². The maximum atomic E-state index is 14.5. The van der Waals surface area contributed by atoms with Crippen LogP contribution in [-0.2, 0) is 0 Å². The van der Waals surface area contributed by atoms with E-state index < -0.39 is 0 Å². The number of halogens is 2. The molecule has 0 N–H and O–H groups in total. The van der Waals surface area contributed by atoms with Gasteiger partial charge in [-0.3, -0.25) is 0 Å². The van der Waals surface area contributed by atoms with Gasteiger partial charge in [-0.2, -0.15) is 0 Å². The quantitative estimate of drug-likeness (QED) is 0.571. The Labute approximate surface area is 112 Å². The van der Waals surface area contributed by atoms with Crippen LogP contribution in [0, 0.1) is 17.3 Å². The number of rotatable bonds is 1. The molecule has 0 radical (unpaired) electrons. The van der Waals surface area contributed by atoms with Gasteiger partial charge in [0.15, 0.2) is 0 Å². The fourth-order valence-corrected chi connectivity index (χ4v) is 4.88. The number of hydrogen-bond donors (Lipinski definition) is 0. The standard InChI is InChI=1S/C15H22BrF/c1-11-2-4-12(5-3-11)15-8-6-14(16,7-9-15)10-13(15)17/h10-12H,2-9H2,1H3. The summed E-state index contributed by atoms with van der Waals surface area (Å²) >= 11 is 3.71. The van der Waals surface area contributed by atoms with Crippen molar-refractivity contribution in [3.05, 3.63) is 11.9 Å². The summed E-state index contributed by atoms with van der Waals surface area (Å²) in [5.74, 6) is 1.69. The molecular weight excluding hydrogens is 279 g/mol. The summed E-state index contributed by atoms with van der Waals surface area (Å²) in [6, 6.07) is 0. The van der Waals surface area contributed by atoms with E-state index in [4.69, 9.17) is 0 Å². The number of allylic oxidation sites excluding steroid dienone is 2. The lowest BCUT2D eigenvalue weighted by atomic mass is 9.55. The zero-order valence-corrected chi connectivity index (χ0v) is 12.2. The van der Waals surface area contributed by atoms with Gasteiger partial charge in [-0.25, -0.2) is 4.39 Å². The van der Waals surface area contributed by atoms with Crippen LogP contribution in [-0.4, -0.2) is 4.32 Å². The molecule has 4 rings (SSSR count). The molecular formula is C15H22BrF. The number of fused-ring (bicyclic) bond motifs is 2. The van der Waals surface area contributed by atoms with Crippen LogP contribution < -0.4 is 0 Å². The summed E-state index contributed by atoms with van der Waals surface area (Å²) in [5.41, 5.74) is -0.0599. The van der Waals surface area contributed by atoms with Gasteiger partial charge in [0.1, 0.15) is 5.83 Å². The summed E-state index contributed by atoms with van der Waals surface area (Å²) < 4.78 is 14.5. The Kier molecular flexibility index (Phi) is 2.93. The zero-order chi connectivity index (χ0) is 12.1. The van der Waals surface area contributed by atoms with E-state index in [1.54, 1.807) is 0 Å².